The molecule has 0 aliphatic rings. The van der Waals surface area contributed by atoms with Crippen molar-refractivity contribution >= 4 is 11.9 Å². The summed E-state index contributed by atoms with van der Waals surface area (Å²) in [4.78, 5) is 22.9. The summed E-state index contributed by atoms with van der Waals surface area (Å²) in [5, 5.41) is 15.2. The van der Waals surface area contributed by atoms with Gasteiger partial charge in [0.25, 0.3) is 5.88 Å². The van der Waals surface area contributed by atoms with Crippen molar-refractivity contribution < 1.29 is 24.0 Å². The molecule has 0 bridgehead atoms. The first kappa shape index (κ1) is 16.0. The third-order valence-corrected chi connectivity index (χ3v) is 3.14. The van der Waals surface area contributed by atoms with Crippen LogP contribution >= 0.6 is 0 Å². The molecule has 0 saturated carbocycles. The molecule has 1 aromatic heterocycles. The van der Waals surface area contributed by atoms with Crippen LogP contribution in [0.5, 0.6) is 5.88 Å². The molecular formula is C13H20N2O5. The molecule has 1 heterocycles. The summed E-state index contributed by atoms with van der Waals surface area (Å²) in [7, 11) is 1.47. The van der Waals surface area contributed by atoms with Crippen molar-refractivity contribution in [1.82, 2.24) is 10.5 Å². The molecule has 0 aromatic carbocycles. The second-order valence-electron chi connectivity index (χ2n) is 4.60. The molecule has 1 amide bonds. The zero-order valence-corrected chi connectivity index (χ0v) is 11.9. The van der Waals surface area contributed by atoms with Crippen LogP contribution < -0.4 is 10.1 Å². The minimum absolute atomic E-state index is 0.123. The monoisotopic (exact) mass is 284 g/mol. The van der Waals surface area contributed by atoms with Crippen LogP contribution in [0.3, 0.4) is 0 Å². The maximum Gasteiger partial charge on any atom is 0.326 e. The zero-order valence-electron chi connectivity index (χ0n) is 11.9. The van der Waals surface area contributed by atoms with E-state index in [2.05, 4.69) is 10.5 Å². The Morgan fingerprint density at radius 1 is 1.55 bits per heavy atom. The Morgan fingerprint density at radius 2 is 2.25 bits per heavy atom. The van der Waals surface area contributed by atoms with Crippen LogP contribution in [0.2, 0.25) is 0 Å². The molecule has 7 nitrogen and oxygen atoms in total. The molecule has 0 saturated heterocycles. The molecule has 1 rings (SSSR count). The number of methoxy groups -OCH3 is 1. The Hall–Kier alpha value is -2.05. The van der Waals surface area contributed by atoms with Gasteiger partial charge in [0.05, 0.1) is 7.11 Å². The second-order valence-corrected chi connectivity index (χ2v) is 4.60. The van der Waals surface area contributed by atoms with E-state index in [9.17, 15) is 9.59 Å². The van der Waals surface area contributed by atoms with Gasteiger partial charge in [-0.2, -0.15) is 0 Å². The smallest absolute Gasteiger partial charge is 0.326 e. The van der Waals surface area contributed by atoms with Gasteiger partial charge in [-0.05, 0) is 11.1 Å². The molecule has 7 heteroatoms. The third-order valence-electron chi connectivity index (χ3n) is 3.14. The van der Waals surface area contributed by atoms with Gasteiger partial charge in [-0.3, -0.25) is 4.79 Å². The average Bonchev–Trinajstić information content (AvgIpc) is 2.89. The van der Waals surface area contributed by atoms with Gasteiger partial charge >= 0.3 is 5.97 Å². The fraction of sp³-hybridized carbons (Fsp3) is 0.615. The first-order chi connectivity index (χ1) is 9.47. The molecule has 2 atom stereocenters. The lowest BCUT2D eigenvalue weighted by Gasteiger charge is -2.19. The van der Waals surface area contributed by atoms with Crippen molar-refractivity contribution in [1.29, 1.82) is 0 Å². The van der Waals surface area contributed by atoms with Gasteiger partial charge in [0.1, 0.15) is 11.8 Å². The summed E-state index contributed by atoms with van der Waals surface area (Å²) in [5.74, 6) is -0.597. The molecule has 0 radical (unpaired) electrons. The highest BCUT2D eigenvalue weighted by atomic mass is 16.5. The van der Waals surface area contributed by atoms with E-state index in [0.717, 1.165) is 0 Å². The van der Waals surface area contributed by atoms with Crippen LogP contribution in [-0.4, -0.2) is 35.3 Å². The topological polar surface area (TPSA) is 102 Å². The van der Waals surface area contributed by atoms with Gasteiger partial charge in [0, 0.05) is 18.9 Å². The number of carbonyl (C=O) groups excluding carboxylic acids is 1. The molecule has 0 fully saturated rings. The van der Waals surface area contributed by atoms with E-state index in [-0.39, 0.29) is 18.2 Å². The molecule has 0 aliphatic heterocycles. The maximum absolute atomic E-state index is 11.8. The highest BCUT2D eigenvalue weighted by Crippen LogP contribution is 2.13. The van der Waals surface area contributed by atoms with Crippen LogP contribution in [0, 0.1) is 5.92 Å². The zero-order chi connectivity index (χ0) is 15.1. The van der Waals surface area contributed by atoms with E-state index in [4.69, 9.17) is 14.4 Å². The normalized spacial score (nSPS) is 13.6. The Balaban J connectivity index is 2.47. The average molecular weight is 284 g/mol. The number of carboxylic acids is 1. The van der Waals surface area contributed by atoms with Gasteiger partial charge in [-0.1, -0.05) is 20.3 Å². The number of carbonyl (C=O) groups is 2. The molecule has 1 aromatic rings. The van der Waals surface area contributed by atoms with Crippen molar-refractivity contribution in [2.75, 3.05) is 7.11 Å². The Labute approximate surface area is 117 Å². The summed E-state index contributed by atoms with van der Waals surface area (Å²) >= 11 is 0. The van der Waals surface area contributed by atoms with E-state index in [1.807, 2.05) is 6.92 Å². The van der Waals surface area contributed by atoms with Gasteiger partial charge in [-0.15, -0.1) is 0 Å². The number of aromatic nitrogens is 1. The number of nitrogens with one attached hydrogen (secondary N) is 1. The van der Waals surface area contributed by atoms with E-state index < -0.39 is 12.0 Å². The Kier molecular flexibility index (Phi) is 6.02. The van der Waals surface area contributed by atoms with Crippen LogP contribution in [0.15, 0.2) is 10.6 Å². The molecule has 2 N–H and O–H groups in total. The van der Waals surface area contributed by atoms with Crippen LogP contribution in [0.25, 0.3) is 0 Å². The van der Waals surface area contributed by atoms with Crippen molar-refractivity contribution in [3.8, 4) is 5.88 Å². The van der Waals surface area contributed by atoms with Gasteiger partial charge in [0.2, 0.25) is 5.91 Å². The van der Waals surface area contributed by atoms with Gasteiger partial charge in [0.15, 0.2) is 0 Å². The molecule has 112 valence electrons. The number of rotatable bonds is 8. The number of ether oxygens (including phenoxy) is 1. The Bertz CT molecular complexity index is 457. The number of carboxylic acid groups (broad SMARTS) is 1. The fourth-order valence-electron chi connectivity index (χ4n) is 1.67. The summed E-state index contributed by atoms with van der Waals surface area (Å²) in [6.45, 7) is 3.67. The molecule has 0 unspecified atom stereocenters. The molecule has 20 heavy (non-hydrogen) atoms. The number of amides is 1. The standard InChI is InChI=1S/C13H20N2O5/c1-4-8(2)12(13(17)18)14-10(16)6-5-9-7-11(19-3)15-20-9/h7-8,12H,4-6H2,1-3H3,(H,14,16)(H,17,18)/t8-,12+/m1/s1. The van der Waals surface area contributed by atoms with Crippen LogP contribution in [0.1, 0.15) is 32.4 Å². The minimum atomic E-state index is -1.02. The minimum Gasteiger partial charge on any atom is -0.480 e. The molecule has 0 spiro atoms. The Morgan fingerprint density at radius 3 is 2.75 bits per heavy atom. The lowest BCUT2D eigenvalue weighted by atomic mass is 9.99. The third kappa shape index (κ3) is 4.56. The number of hydrogen-bond acceptors (Lipinski definition) is 5. The maximum atomic E-state index is 11.8. The fourth-order valence-corrected chi connectivity index (χ4v) is 1.67. The second kappa shape index (κ2) is 7.52. The first-order valence-corrected chi connectivity index (χ1v) is 6.49. The van der Waals surface area contributed by atoms with Gasteiger partial charge in [-0.25, -0.2) is 4.79 Å². The first-order valence-electron chi connectivity index (χ1n) is 6.49. The SMILES string of the molecule is CC[C@@H](C)[C@H](NC(=O)CCc1cc(OC)no1)C(=O)O. The van der Waals surface area contributed by atoms with E-state index >= 15 is 0 Å². The molecule has 0 aliphatic carbocycles. The lowest BCUT2D eigenvalue weighted by molar-refractivity contribution is -0.143. The summed E-state index contributed by atoms with van der Waals surface area (Å²) < 4.78 is 9.82. The number of nitrogens with zero attached hydrogens (tertiary/aromatic N) is 1. The van der Waals surface area contributed by atoms with Crippen molar-refractivity contribution in [2.24, 2.45) is 5.92 Å². The van der Waals surface area contributed by atoms with Crippen molar-refractivity contribution in [3.05, 3.63) is 11.8 Å². The predicted octanol–water partition coefficient (Wildman–Crippen LogP) is 1.23. The van der Waals surface area contributed by atoms with Crippen molar-refractivity contribution in [3.63, 3.8) is 0 Å². The molecular weight excluding hydrogens is 264 g/mol. The number of aliphatic carboxylic acids is 1. The van der Waals surface area contributed by atoms with Gasteiger partial charge < -0.3 is 19.7 Å². The van der Waals surface area contributed by atoms with E-state index in [1.165, 1.54) is 7.11 Å². The summed E-state index contributed by atoms with van der Waals surface area (Å²) in [6, 6.07) is 0.730. The largest absolute Gasteiger partial charge is 0.480 e. The van der Waals surface area contributed by atoms with Crippen LogP contribution in [-0.2, 0) is 16.0 Å². The highest BCUT2D eigenvalue weighted by Gasteiger charge is 2.25. The van der Waals surface area contributed by atoms with E-state index in [0.29, 0.717) is 24.5 Å². The number of hydrogen-bond donors (Lipinski definition) is 2. The number of aryl methyl sites for hydroxylation is 1. The van der Waals surface area contributed by atoms with Crippen molar-refractivity contribution in [2.45, 2.75) is 39.2 Å². The van der Waals surface area contributed by atoms with Crippen LogP contribution in [0.4, 0.5) is 0 Å². The van der Waals surface area contributed by atoms with E-state index in [1.54, 1.807) is 13.0 Å². The lowest BCUT2D eigenvalue weighted by Crippen LogP contribution is -2.45. The quantitative estimate of drug-likeness (QED) is 0.744. The summed E-state index contributed by atoms with van der Waals surface area (Å²) in [6.07, 6.45) is 1.16. The predicted molar refractivity (Wildman–Crippen MR) is 70.4 cm³/mol. The highest BCUT2D eigenvalue weighted by molar-refractivity contribution is 5.83. The summed E-state index contributed by atoms with van der Waals surface area (Å²) in [5.41, 5.74) is 0.